The van der Waals surface area contributed by atoms with Gasteiger partial charge in [-0.25, -0.2) is 9.97 Å². The van der Waals surface area contributed by atoms with E-state index in [1.54, 1.807) is 0 Å². The van der Waals surface area contributed by atoms with Crippen molar-refractivity contribution in [3.05, 3.63) is 180 Å². The summed E-state index contributed by atoms with van der Waals surface area (Å²) in [6.07, 6.45) is 11.3. The molecule has 9 aromatic rings. The van der Waals surface area contributed by atoms with Gasteiger partial charge in [0, 0.05) is 44.5 Å². The molecule has 284 valence electrons. The van der Waals surface area contributed by atoms with E-state index in [1.807, 2.05) is 0 Å². The van der Waals surface area contributed by atoms with Gasteiger partial charge in [0.1, 0.15) is 17.3 Å². The Kier molecular flexibility index (Phi) is 7.84. The largest absolute Gasteiger partial charge is 0.458 e. The number of aromatic nitrogens is 4. The molecule has 0 amide bonds. The maximum Gasteiger partial charge on any atom is 0.157 e. The average molecular weight is 763 g/mol. The van der Waals surface area contributed by atoms with E-state index in [0.29, 0.717) is 5.92 Å². The Labute approximate surface area is 343 Å². The highest BCUT2D eigenvalue weighted by atomic mass is 16.5. The van der Waals surface area contributed by atoms with E-state index in [0.717, 1.165) is 98.9 Å². The summed E-state index contributed by atoms with van der Waals surface area (Å²) in [5.41, 5.74) is 17.2. The molecule has 6 aromatic carbocycles. The number of aryl methyl sites for hydroxylation is 1. The van der Waals surface area contributed by atoms with Gasteiger partial charge in [-0.1, -0.05) is 110 Å². The van der Waals surface area contributed by atoms with Gasteiger partial charge in [0.25, 0.3) is 0 Å². The van der Waals surface area contributed by atoms with E-state index < -0.39 is 0 Å². The molecule has 5 heteroatoms. The molecule has 0 fully saturated rings. The van der Waals surface area contributed by atoms with Crippen LogP contribution < -0.4 is 4.74 Å². The zero-order valence-corrected chi connectivity index (χ0v) is 33.0. The van der Waals surface area contributed by atoms with Crippen LogP contribution in [0.1, 0.15) is 61.8 Å². The third kappa shape index (κ3) is 5.38. The fraction of sp³-hybridized carbons (Fsp3) is 0.148. The first-order valence-corrected chi connectivity index (χ1v) is 21.1. The molecule has 5 nitrogen and oxygen atoms in total. The number of rotatable bonds is 8. The van der Waals surface area contributed by atoms with E-state index >= 15 is 0 Å². The molecule has 0 bridgehead atoms. The summed E-state index contributed by atoms with van der Waals surface area (Å²) >= 11 is 0. The van der Waals surface area contributed by atoms with E-state index in [4.69, 9.17) is 14.7 Å². The van der Waals surface area contributed by atoms with Crippen molar-refractivity contribution < 1.29 is 4.74 Å². The Morgan fingerprint density at radius 3 is 2.22 bits per heavy atom. The number of benzene rings is 6. The Morgan fingerprint density at radius 2 is 1.37 bits per heavy atom. The van der Waals surface area contributed by atoms with Crippen molar-refractivity contribution in [2.24, 2.45) is 0 Å². The van der Waals surface area contributed by atoms with Crippen LogP contribution in [0, 0.1) is 0 Å². The molecule has 3 aliphatic rings. The van der Waals surface area contributed by atoms with Gasteiger partial charge < -0.3 is 9.30 Å². The quantitative estimate of drug-likeness (QED) is 0.155. The second-order valence-corrected chi connectivity index (χ2v) is 16.2. The highest BCUT2D eigenvalue weighted by Crippen LogP contribution is 2.58. The van der Waals surface area contributed by atoms with Crippen LogP contribution in [0.2, 0.25) is 0 Å². The number of nitrogens with zero attached hydrogens (tertiary/aromatic N) is 4. The van der Waals surface area contributed by atoms with E-state index in [2.05, 4.69) is 174 Å². The van der Waals surface area contributed by atoms with E-state index in [-0.39, 0.29) is 0 Å². The Hall–Kier alpha value is -6.98. The van der Waals surface area contributed by atoms with Crippen LogP contribution in [0.15, 0.2) is 163 Å². The summed E-state index contributed by atoms with van der Waals surface area (Å²) in [6.45, 7) is 2.27. The van der Waals surface area contributed by atoms with Crippen LogP contribution >= 0.6 is 0 Å². The molecule has 1 atom stereocenters. The molecule has 0 radical (unpaired) electrons. The Balaban J connectivity index is 1.06. The SMILES string of the molecule is CCCCC1=C2Oc3c(-c4cc(-c5ccc(-c6nc7ccccc7n6-c6ccccc6)cc5)cc(-n5c6c(c7ccccc75)CCC=C6)c4)nc4ccccc4c3C2C1. The van der Waals surface area contributed by atoms with Crippen molar-refractivity contribution in [3.8, 4) is 50.9 Å². The normalized spacial score (nSPS) is 15.4. The molecular weight excluding hydrogens is 721 g/mol. The second kappa shape index (κ2) is 13.6. The maximum atomic E-state index is 6.97. The van der Waals surface area contributed by atoms with Gasteiger partial charge in [0.05, 0.1) is 28.0 Å². The summed E-state index contributed by atoms with van der Waals surface area (Å²) in [5, 5.41) is 2.52. The van der Waals surface area contributed by atoms with Crippen LogP contribution in [0.5, 0.6) is 5.75 Å². The van der Waals surface area contributed by atoms with Gasteiger partial charge in [-0.15, -0.1) is 0 Å². The lowest BCUT2D eigenvalue weighted by atomic mass is 9.77. The van der Waals surface area contributed by atoms with E-state index in [9.17, 15) is 0 Å². The number of imidazole rings is 1. The number of hydrogen-bond donors (Lipinski definition) is 0. The van der Waals surface area contributed by atoms with Crippen LogP contribution in [-0.2, 0) is 6.42 Å². The summed E-state index contributed by atoms with van der Waals surface area (Å²) in [4.78, 5) is 10.6. The van der Waals surface area contributed by atoms with Gasteiger partial charge in [-0.2, -0.15) is 0 Å². The molecule has 1 unspecified atom stereocenters. The lowest BCUT2D eigenvalue weighted by molar-refractivity contribution is 0.379. The van der Waals surface area contributed by atoms with Crippen molar-refractivity contribution in [2.75, 3.05) is 0 Å². The Morgan fingerprint density at radius 1 is 0.644 bits per heavy atom. The molecule has 3 aromatic heterocycles. The zero-order chi connectivity index (χ0) is 39.0. The van der Waals surface area contributed by atoms with Crippen molar-refractivity contribution in [1.82, 2.24) is 19.1 Å². The third-order valence-corrected chi connectivity index (χ3v) is 12.8. The molecule has 0 saturated heterocycles. The first kappa shape index (κ1) is 34.1. The highest BCUT2D eigenvalue weighted by molar-refractivity contribution is 5.95. The summed E-state index contributed by atoms with van der Waals surface area (Å²) in [6, 6.07) is 52.3. The fourth-order valence-electron chi connectivity index (χ4n) is 9.90. The minimum absolute atomic E-state index is 0.296. The number of allylic oxidation sites excluding steroid dienone is 3. The molecule has 2 aliphatic carbocycles. The minimum atomic E-state index is 0.296. The zero-order valence-electron chi connectivity index (χ0n) is 33.0. The molecule has 0 N–H and O–H groups in total. The van der Waals surface area contributed by atoms with Gasteiger partial charge >= 0.3 is 0 Å². The number of fused-ring (bicyclic) bond motifs is 9. The van der Waals surface area contributed by atoms with Crippen molar-refractivity contribution in [1.29, 1.82) is 0 Å². The first-order valence-electron chi connectivity index (χ1n) is 21.1. The van der Waals surface area contributed by atoms with Crippen LogP contribution in [-0.4, -0.2) is 19.1 Å². The molecule has 1 aliphatic heterocycles. The standard InChI is InChI=1S/C54H42N4O/c1-2-3-15-36-33-44-50-43-20-7-10-21-45(43)55-51(53(50)59-52(36)44)38-30-37(31-40(32-38)57-47-23-12-8-18-41(47)42-19-9-13-24-48(42)57)34-26-28-35(29-27-34)54-56-46-22-11-14-25-49(46)58(54)39-16-5-4-6-17-39/h4-8,10-14,16-18,20-32,44H,2-3,9,15,19,33H2,1H3. The molecule has 12 rings (SSSR count). The summed E-state index contributed by atoms with van der Waals surface area (Å²) in [5.74, 6) is 3.31. The van der Waals surface area contributed by atoms with Gasteiger partial charge in [-0.3, -0.25) is 4.57 Å². The third-order valence-electron chi connectivity index (χ3n) is 12.8. The lowest BCUT2D eigenvalue weighted by Crippen LogP contribution is -2.15. The number of ether oxygens (including phenoxy) is 1. The summed E-state index contributed by atoms with van der Waals surface area (Å²) < 4.78 is 11.7. The van der Waals surface area contributed by atoms with Crippen molar-refractivity contribution >= 4 is 38.9 Å². The van der Waals surface area contributed by atoms with Gasteiger partial charge in [0.15, 0.2) is 5.75 Å². The number of para-hydroxylation sites is 5. The van der Waals surface area contributed by atoms with Crippen LogP contribution in [0.3, 0.4) is 0 Å². The number of unbranched alkanes of at least 4 members (excludes halogenated alkanes) is 1. The Bertz CT molecular complexity index is 3200. The molecular formula is C54H42N4O. The first-order chi connectivity index (χ1) is 29.2. The number of pyridine rings is 1. The minimum Gasteiger partial charge on any atom is -0.458 e. The predicted octanol–water partition coefficient (Wildman–Crippen LogP) is 13.8. The summed E-state index contributed by atoms with van der Waals surface area (Å²) in [7, 11) is 0. The average Bonchev–Trinajstić information content (AvgIpc) is 3.94. The lowest BCUT2D eigenvalue weighted by Gasteiger charge is -2.26. The van der Waals surface area contributed by atoms with Crippen molar-refractivity contribution in [3.63, 3.8) is 0 Å². The predicted molar refractivity (Wildman–Crippen MR) is 241 cm³/mol. The van der Waals surface area contributed by atoms with Crippen molar-refractivity contribution in [2.45, 2.75) is 51.4 Å². The van der Waals surface area contributed by atoms with Gasteiger partial charge in [0.2, 0.25) is 0 Å². The second-order valence-electron chi connectivity index (χ2n) is 16.2. The maximum absolute atomic E-state index is 6.97. The smallest absolute Gasteiger partial charge is 0.157 e. The molecule has 0 saturated carbocycles. The number of hydrogen-bond acceptors (Lipinski definition) is 3. The van der Waals surface area contributed by atoms with Gasteiger partial charge in [-0.05, 0) is 115 Å². The topological polar surface area (TPSA) is 44.9 Å². The van der Waals surface area contributed by atoms with E-state index in [1.165, 1.54) is 51.5 Å². The molecule has 0 spiro atoms. The highest BCUT2D eigenvalue weighted by Gasteiger charge is 2.43. The monoisotopic (exact) mass is 762 g/mol. The van der Waals surface area contributed by atoms with Crippen LogP contribution in [0.25, 0.3) is 84.1 Å². The fourth-order valence-corrected chi connectivity index (χ4v) is 9.90. The molecule has 59 heavy (non-hydrogen) atoms. The molecule has 4 heterocycles. The van der Waals surface area contributed by atoms with Crippen LogP contribution in [0.4, 0.5) is 0 Å².